The lowest BCUT2D eigenvalue weighted by Gasteiger charge is -2.30. The Hall–Kier alpha value is -3.00. The molecule has 5 rings (SSSR count). The van der Waals surface area contributed by atoms with E-state index in [-0.39, 0.29) is 18.6 Å². The maximum Gasteiger partial charge on any atom is 0.246 e. The molecule has 2 saturated carbocycles. The minimum atomic E-state index is -0.0428. The van der Waals surface area contributed by atoms with Gasteiger partial charge in [-0.1, -0.05) is 18.2 Å². The smallest absolute Gasteiger partial charge is 0.246 e. The van der Waals surface area contributed by atoms with E-state index in [1.54, 1.807) is 7.11 Å². The highest BCUT2D eigenvalue weighted by Gasteiger charge is 2.29. The molecule has 0 unspecified atom stereocenters. The molecule has 2 aliphatic carbocycles. The number of anilines is 1. The predicted molar refractivity (Wildman–Crippen MR) is 118 cm³/mol. The summed E-state index contributed by atoms with van der Waals surface area (Å²) >= 11 is 0. The lowest BCUT2D eigenvalue weighted by molar-refractivity contribution is -0.125. The van der Waals surface area contributed by atoms with Gasteiger partial charge in [0.2, 0.25) is 5.91 Å². The van der Waals surface area contributed by atoms with E-state index < -0.39 is 0 Å². The van der Waals surface area contributed by atoms with E-state index in [1.165, 1.54) is 0 Å². The van der Waals surface area contributed by atoms with Gasteiger partial charge in [0.1, 0.15) is 18.2 Å². The van der Waals surface area contributed by atoms with Crippen molar-refractivity contribution in [3.63, 3.8) is 0 Å². The Bertz CT molecular complexity index is 1050. The van der Waals surface area contributed by atoms with E-state index in [1.807, 2.05) is 41.2 Å². The number of methoxy groups -OCH3 is 1. The molecule has 31 heavy (non-hydrogen) atoms. The summed E-state index contributed by atoms with van der Waals surface area (Å²) in [5.74, 6) is 2.20. The highest BCUT2D eigenvalue weighted by Crippen LogP contribution is 2.40. The average Bonchev–Trinajstić information content (AvgIpc) is 3.55. The fourth-order valence-corrected chi connectivity index (χ4v) is 4.29. The third-order valence-corrected chi connectivity index (χ3v) is 6.10. The van der Waals surface area contributed by atoms with Crippen molar-refractivity contribution >= 4 is 22.8 Å². The normalized spacial score (nSPS) is 21.2. The second-order valence-corrected chi connectivity index (χ2v) is 8.53. The molecule has 0 radical (unpaired) electrons. The first kappa shape index (κ1) is 19.9. The van der Waals surface area contributed by atoms with Crippen LogP contribution in [0.3, 0.4) is 0 Å². The van der Waals surface area contributed by atoms with Gasteiger partial charge in [-0.15, -0.1) is 0 Å². The van der Waals surface area contributed by atoms with Gasteiger partial charge >= 0.3 is 0 Å². The molecule has 0 spiro atoms. The topological polar surface area (TPSA) is 94.0 Å². The lowest BCUT2D eigenvalue weighted by atomic mass is 9.91. The summed E-state index contributed by atoms with van der Waals surface area (Å²) in [7, 11) is 1.54. The lowest BCUT2D eigenvalue weighted by Crippen LogP contribution is -2.41. The van der Waals surface area contributed by atoms with Crippen LogP contribution in [0.1, 0.15) is 50.3 Å². The number of aromatic nitrogens is 4. The molecule has 1 aromatic carbocycles. The van der Waals surface area contributed by atoms with Gasteiger partial charge in [-0.05, 0) is 50.7 Å². The summed E-state index contributed by atoms with van der Waals surface area (Å²) in [4.78, 5) is 21.6. The number of hydrogen-bond acceptors (Lipinski definition) is 6. The van der Waals surface area contributed by atoms with Crippen molar-refractivity contribution in [2.45, 2.75) is 56.5 Å². The molecule has 0 atom stereocenters. The summed E-state index contributed by atoms with van der Waals surface area (Å²) in [5.41, 5.74) is 1.85. The van der Waals surface area contributed by atoms with Crippen LogP contribution < -0.4 is 10.6 Å². The standard InChI is InChI=1S/C23H28N6O2/c1-31-14-20(30)25-16-9-11-17(12-10-16)26-22-19-13-24-29(18-5-3-2-4-6-18)23(19)28-21(27-22)15-7-8-15/h2-6,13,15-17H,7-12,14H2,1H3,(H,25,30)(H,26,27,28). The van der Waals surface area contributed by atoms with Crippen molar-refractivity contribution in [3.8, 4) is 5.69 Å². The molecule has 2 aliphatic rings. The van der Waals surface area contributed by atoms with E-state index in [2.05, 4.69) is 15.7 Å². The zero-order chi connectivity index (χ0) is 21.2. The fourth-order valence-electron chi connectivity index (χ4n) is 4.29. The zero-order valence-electron chi connectivity index (χ0n) is 17.8. The highest BCUT2D eigenvalue weighted by molar-refractivity contribution is 5.87. The van der Waals surface area contributed by atoms with Crippen LogP contribution in [0, 0.1) is 0 Å². The Morgan fingerprint density at radius 1 is 1.06 bits per heavy atom. The van der Waals surface area contributed by atoms with E-state index in [0.29, 0.717) is 12.0 Å². The molecule has 3 aromatic rings. The summed E-state index contributed by atoms with van der Waals surface area (Å²) in [6, 6.07) is 10.6. The number of ether oxygens (including phenoxy) is 1. The molecule has 0 bridgehead atoms. The van der Waals surface area contributed by atoms with Crippen LogP contribution >= 0.6 is 0 Å². The maximum atomic E-state index is 11.8. The average molecular weight is 421 g/mol. The van der Waals surface area contributed by atoms with Gasteiger partial charge in [0.15, 0.2) is 5.65 Å². The van der Waals surface area contributed by atoms with E-state index in [4.69, 9.17) is 14.7 Å². The number of carbonyl (C=O) groups excluding carboxylic acids is 1. The second kappa shape index (κ2) is 8.63. The van der Waals surface area contributed by atoms with Crippen LogP contribution in [0.15, 0.2) is 36.5 Å². The number of para-hydroxylation sites is 1. The van der Waals surface area contributed by atoms with Gasteiger partial charge in [-0.25, -0.2) is 14.6 Å². The monoisotopic (exact) mass is 420 g/mol. The Kier molecular flexibility index (Phi) is 5.55. The van der Waals surface area contributed by atoms with Gasteiger partial charge in [-0.2, -0.15) is 5.10 Å². The quantitative estimate of drug-likeness (QED) is 0.610. The number of nitrogens with one attached hydrogen (secondary N) is 2. The number of nitrogens with zero attached hydrogens (tertiary/aromatic N) is 4. The molecular formula is C23H28N6O2. The Morgan fingerprint density at radius 2 is 1.81 bits per heavy atom. The molecule has 8 heteroatoms. The first-order valence-corrected chi connectivity index (χ1v) is 11.1. The van der Waals surface area contributed by atoms with Gasteiger partial charge < -0.3 is 15.4 Å². The van der Waals surface area contributed by atoms with Crippen LogP contribution in [0.25, 0.3) is 16.7 Å². The first-order valence-electron chi connectivity index (χ1n) is 11.1. The highest BCUT2D eigenvalue weighted by atomic mass is 16.5. The van der Waals surface area contributed by atoms with Crippen molar-refractivity contribution in [1.82, 2.24) is 25.1 Å². The molecule has 2 N–H and O–H groups in total. The molecule has 2 aromatic heterocycles. The van der Waals surface area contributed by atoms with E-state index in [9.17, 15) is 4.79 Å². The minimum absolute atomic E-state index is 0.0428. The zero-order valence-corrected chi connectivity index (χ0v) is 17.8. The van der Waals surface area contributed by atoms with Crippen molar-refractivity contribution < 1.29 is 9.53 Å². The van der Waals surface area contributed by atoms with Crippen molar-refractivity contribution in [3.05, 3.63) is 42.4 Å². The second-order valence-electron chi connectivity index (χ2n) is 8.53. The summed E-state index contributed by atoms with van der Waals surface area (Å²) < 4.78 is 6.81. The van der Waals surface area contributed by atoms with Gasteiger partial charge in [0, 0.05) is 25.1 Å². The molecule has 0 aliphatic heterocycles. The summed E-state index contributed by atoms with van der Waals surface area (Å²) in [6.45, 7) is 0.118. The summed E-state index contributed by atoms with van der Waals surface area (Å²) in [5, 5.41) is 12.3. The minimum Gasteiger partial charge on any atom is -0.375 e. The van der Waals surface area contributed by atoms with Crippen LogP contribution in [0.5, 0.6) is 0 Å². The number of carbonyl (C=O) groups is 1. The Labute approximate surface area is 181 Å². The SMILES string of the molecule is COCC(=O)NC1CCC(Nc2nc(C3CC3)nc3c2cnn3-c2ccccc2)CC1. The molecule has 8 nitrogen and oxygen atoms in total. The number of amides is 1. The molecule has 162 valence electrons. The number of fused-ring (bicyclic) bond motifs is 1. The van der Waals surface area contributed by atoms with Crippen molar-refractivity contribution in [2.75, 3.05) is 19.0 Å². The largest absolute Gasteiger partial charge is 0.375 e. The molecule has 1 amide bonds. The first-order chi connectivity index (χ1) is 15.2. The van der Waals surface area contributed by atoms with Gasteiger partial charge in [0.05, 0.1) is 17.3 Å². The van der Waals surface area contributed by atoms with Gasteiger partial charge in [0.25, 0.3) is 0 Å². The van der Waals surface area contributed by atoms with E-state index >= 15 is 0 Å². The maximum absolute atomic E-state index is 11.8. The molecular weight excluding hydrogens is 392 g/mol. The Balaban J connectivity index is 1.35. The summed E-state index contributed by atoms with van der Waals surface area (Å²) in [6.07, 6.45) is 8.01. The Morgan fingerprint density at radius 3 is 2.52 bits per heavy atom. The van der Waals surface area contributed by atoms with Gasteiger partial charge in [-0.3, -0.25) is 4.79 Å². The van der Waals surface area contributed by atoms with Crippen LogP contribution in [-0.2, 0) is 9.53 Å². The van der Waals surface area contributed by atoms with Crippen LogP contribution in [0.4, 0.5) is 5.82 Å². The molecule has 2 heterocycles. The molecule has 0 saturated heterocycles. The third kappa shape index (κ3) is 4.39. The van der Waals surface area contributed by atoms with E-state index in [0.717, 1.165) is 66.9 Å². The number of hydrogen-bond donors (Lipinski definition) is 2. The molecule has 2 fully saturated rings. The number of benzene rings is 1. The van der Waals surface area contributed by atoms with Crippen molar-refractivity contribution in [1.29, 1.82) is 0 Å². The predicted octanol–water partition coefficient (Wildman–Crippen LogP) is 3.18. The van der Waals surface area contributed by atoms with Crippen molar-refractivity contribution in [2.24, 2.45) is 0 Å². The van der Waals surface area contributed by atoms with Crippen LogP contribution in [-0.4, -0.2) is 51.5 Å². The van der Waals surface area contributed by atoms with Crippen LogP contribution in [0.2, 0.25) is 0 Å². The third-order valence-electron chi connectivity index (χ3n) is 6.10. The number of rotatable bonds is 7. The fraction of sp³-hybridized carbons (Fsp3) is 0.478.